The number of nitrogens with one attached hydrogen (secondary N) is 1. The van der Waals surface area contributed by atoms with Crippen molar-refractivity contribution in [3.63, 3.8) is 0 Å². The number of rotatable bonds is 4. The molecule has 0 aliphatic heterocycles. The topological polar surface area (TPSA) is 90.0 Å². The lowest BCUT2D eigenvalue weighted by atomic mass is 10.3. The number of aromatic nitrogens is 2. The predicted octanol–water partition coefficient (Wildman–Crippen LogP) is 0.680. The summed E-state index contributed by atoms with van der Waals surface area (Å²) in [5.74, 6) is 0.894. The van der Waals surface area contributed by atoms with Gasteiger partial charge in [-0.15, -0.1) is 0 Å². The van der Waals surface area contributed by atoms with Gasteiger partial charge in [0.15, 0.2) is 0 Å². The third-order valence-electron chi connectivity index (χ3n) is 2.55. The number of nitrogens with zero attached hydrogens (tertiary/aromatic N) is 2. The van der Waals surface area contributed by atoms with Gasteiger partial charge in [-0.25, -0.2) is 18.5 Å². The van der Waals surface area contributed by atoms with Gasteiger partial charge >= 0.3 is 0 Å². The molecule has 2 rings (SSSR count). The van der Waals surface area contributed by atoms with Gasteiger partial charge in [0.1, 0.15) is 5.82 Å². The number of hydrogen-bond donors (Lipinski definition) is 2. The highest BCUT2D eigenvalue weighted by atomic mass is 32.2. The smallest absolute Gasteiger partial charge is 0.238 e. The van der Waals surface area contributed by atoms with Gasteiger partial charge in [0.05, 0.1) is 11.4 Å². The number of imidazole rings is 1. The van der Waals surface area contributed by atoms with E-state index in [1.807, 2.05) is 17.8 Å². The van der Waals surface area contributed by atoms with Crippen molar-refractivity contribution >= 4 is 15.7 Å². The van der Waals surface area contributed by atoms with Crippen LogP contribution < -0.4 is 10.5 Å². The molecule has 0 radical (unpaired) electrons. The van der Waals surface area contributed by atoms with Crippen LogP contribution in [0.15, 0.2) is 41.6 Å². The Balaban J connectivity index is 2.05. The second-order valence-corrected chi connectivity index (χ2v) is 5.44. The van der Waals surface area contributed by atoms with Crippen LogP contribution in [0.25, 0.3) is 0 Å². The van der Waals surface area contributed by atoms with Crippen LogP contribution in [-0.4, -0.2) is 18.0 Å². The van der Waals surface area contributed by atoms with Gasteiger partial charge in [0, 0.05) is 25.1 Å². The van der Waals surface area contributed by atoms with E-state index in [0.717, 1.165) is 11.5 Å². The summed E-state index contributed by atoms with van der Waals surface area (Å²) in [6.45, 7) is 0.568. The Morgan fingerprint density at radius 3 is 2.50 bits per heavy atom. The van der Waals surface area contributed by atoms with E-state index >= 15 is 0 Å². The molecule has 3 N–H and O–H groups in total. The molecule has 0 spiro atoms. The summed E-state index contributed by atoms with van der Waals surface area (Å²) in [7, 11) is -1.72. The minimum atomic E-state index is -3.63. The van der Waals surface area contributed by atoms with Crippen LogP contribution in [-0.2, 0) is 23.6 Å². The highest BCUT2D eigenvalue weighted by Gasteiger charge is 2.06. The Morgan fingerprint density at radius 1 is 1.33 bits per heavy atom. The van der Waals surface area contributed by atoms with Crippen LogP contribution in [0.5, 0.6) is 0 Å². The average molecular weight is 266 g/mol. The normalized spacial score (nSPS) is 11.4. The number of aryl methyl sites for hydroxylation is 1. The van der Waals surface area contributed by atoms with Gasteiger partial charge in [-0.05, 0) is 24.3 Å². The minimum absolute atomic E-state index is 0.102. The molecular weight excluding hydrogens is 252 g/mol. The zero-order valence-corrected chi connectivity index (χ0v) is 10.7. The fraction of sp³-hybridized carbons (Fsp3) is 0.182. The van der Waals surface area contributed by atoms with Gasteiger partial charge in [-0.2, -0.15) is 0 Å². The van der Waals surface area contributed by atoms with Gasteiger partial charge in [-0.1, -0.05) is 0 Å². The summed E-state index contributed by atoms with van der Waals surface area (Å²) in [5, 5.41) is 8.16. The summed E-state index contributed by atoms with van der Waals surface area (Å²) in [6.07, 6.45) is 3.59. The molecular formula is C11H14N4O2S. The van der Waals surface area contributed by atoms with E-state index in [0.29, 0.717) is 6.54 Å². The first-order valence-electron chi connectivity index (χ1n) is 5.30. The second kappa shape index (κ2) is 4.79. The van der Waals surface area contributed by atoms with Gasteiger partial charge < -0.3 is 9.88 Å². The number of anilines is 1. The van der Waals surface area contributed by atoms with Gasteiger partial charge in [0.2, 0.25) is 10.0 Å². The van der Waals surface area contributed by atoms with Crippen LogP contribution in [0.3, 0.4) is 0 Å². The van der Waals surface area contributed by atoms with E-state index in [9.17, 15) is 8.42 Å². The van der Waals surface area contributed by atoms with Crippen molar-refractivity contribution < 1.29 is 8.42 Å². The van der Waals surface area contributed by atoms with E-state index in [1.54, 1.807) is 18.3 Å². The monoisotopic (exact) mass is 266 g/mol. The lowest BCUT2D eigenvalue weighted by Gasteiger charge is -2.07. The summed E-state index contributed by atoms with van der Waals surface area (Å²) >= 11 is 0. The van der Waals surface area contributed by atoms with Crippen LogP contribution in [0.2, 0.25) is 0 Å². The number of primary sulfonamides is 1. The van der Waals surface area contributed by atoms with Crippen molar-refractivity contribution in [3.8, 4) is 0 Å². The molecule has 96 valence electrons. The van der Waals surface area contributed by atoms with Crippen LogP contribution >= 0.6 is 0 Å². The van der Waals surface area contributed by atoms with Crippen LogP contribution in [0, 0.1) is 0 Å². The summed E-state index contributed by atoms with van der Waals surface area (Å²) in [4.78, 5) is 4.27. The van der Waals surface area contributed by atoms with Crippen molar-refractivity contribution in [3.05, 3.63) is 42.5 Å². The third-order valence-corrected chi connectivity index (χ3v) is 3.48. The third kappa shape index (κ3) is 2.88. The molecule has 2 aromatic rings. The Bertz CT molecular complexity index is 631. The summed E-state index contributed by atoms with van der Waals surface area (Å²) in [6, 6.07) is 6.28. The maximum Gasteiger partial charge on any atom is 0.238 e. The molecule has 0 bridgehead atoms. The Morgan fingerprint density at radius 2 is 2.00 bits per heavy atom. The highest BCUT2D eigenvalue weighted by molar-refractivity contribution is 7.89. The van der Waals surface area contributed by atoms with Crippen molar-refractivity contribution in [1.29, 1.82) is 0 Å². The molecule has 0 saturated heterocycles. The fourth-order valence-corrected chi connectivity index (χ4v) is 2.03. The zero-order valence-electron chi connectivity index (χ0n) is 9.87. The first-order valence-corrected chi connectivity index (χ1v) is 6.84. The first kappa shape index (κ1) is 12.6. The van der Waals surface area contributed by atoms with E-state index < -0.39 is 10.0 Å². The van der Waals surface area contributed by atoms with Crippen LogP contribution in [0.4, 0.5) is 5.69 Å². The van der Waals surface area contributed by atoms with Crippen molar-refractivity contribution in [2.75, 3.05) is 5.32 Å². The molecule has 1 heterocycles. The van der Waals surface area contributed by atoms with Crippen molar-refractivity contribution in [1.82, 2.24) is 9.55 Å². The average Bonchev–Trinajstić information content (AvgIpc) is 2.72. The molecule has 1 aromatic carbocycles. The molecule has 0 aliphatic rings. The Labute approximate surface area is 106 Å². The van der Waals surface area contributed by atoms with Crippen LogP contribution in [0.1, 0.15) is 5.82 Å². The molecule has 7 heteroatoms. The Kier molecular flexibility index (Phi) is 3.35. The lowest BCUT2D eigenvalue weighted by Crippen LogP contribution is -2.12. The second-order valence-electron chi connectivity index (χ2n) is 3.88. The maximum atomic E-state index is 11.1. The maximum absolute atomic E-state index is 11.1. The van der Waals surface area contributed by atoms with E-state index in [-0.39, 0.29) is 4.90 Å². The SMILES string of the molecule is Cn1ccnc1CNc1ccc(S(N)(=O)=O)cc1. The van der Waals surface area contributed by atoms with Gasteiger partial charge in [-0.3, -0.25) is 0 Å². The molecule has 0 aliphatic carbocycles. The largest absolute Gasteiger partial charge is 0.378 e. The molecule has 6 nitrogen and oxygen atoms in total. The highest BCUT2D eigenvalue weighted by Crippen LogP contribution is 2.13. The number of nitrogens with two attached hydrogens (primary N) is 1. The molecule has 0 saturated carbocycles. The minimum Gasteiger partial charge on any atom is -0.378 e. The first-order chi connectivity index (χ1) is 8.47. The summed E-state index contributed by atoms with van der Waals surface area (Å²) in [5.41, 5.74) is 0.811. The number of hydrogen-bond acceptors (Lipinski definition) is 4. The van der Waals surface area contributed by atoms with E-state index in [4.69, 9.17) is 5.14 Å². The number of benzene rings is 1. The molecule has 18 heavy (non-hydrogen) atoms. The van der Waals surface area contributed by atoms with E-state index in [2.05, 4.69) is 10.3 Å². The lowest BCUT2D eigenvalue weighted by molar-refractivity contribution is 0.598. The fourth-order valence-electron chi connectivity index (χ4n) is 1.51. The molecule has 0 amide bonds. The molecule has 1 aromatic heterocycles. The summed E-state index contributed by atoms with van der Waals surface area (Å²) < 4.78 is 24.1. The molecule has 0 atom stereocenters. The predicted molar refractivity (Wildman–Crippen MR) is 68.3 cm³/mol. The Hall–Kier alpha value is -1.86. The van der Waals surface area contributed by atoms with E-state index in [1.165, 1.54) is 12.1 Å². The van der Waals surface area contributed by atoms with Crippen molar-refractivity contribution in [2.45, 2.75) is 11.4 Å². The number of sulfonamides is 1. The zero-order chi connectivity index (χ0) is 13.2. The van der Waals surface area contributed by atoms with Gasteiger partial charge in [0.25, 0.3) is 0 Å². The standard InChI is InChI=1S/C11H14N4O2S/c1-15-7-6-13-11(15)8-14-9-2-4-10(5-3-9)18(12,16)17/h2-7,14H,8H2,1H3,(H2,12,16,17). The quantitative estimate of drug-likeness (QED) is 0.851. The van der Waals surface area contributed by atoms with Crippen molar-refractivity contribution in [2.24, 2.45) is 12.2 Å². The molecule has 0 fully saturated rings. The molecule has 0 unspecified atom stereocenters.